The third-order valence-corrected chi connectivity index (χ3v) is 2.75. The summed E-state index contributed by atoms with van der Waals surface area (Å²) in [5.74, 6) is 1.00. The van der Waals surface area contributed by atoms with Crippen LogP contribution in [-0.2, 0) is 17.8 Å². The summed E-state index contributed by atoms with van der Waals surface area (Å²) in [6.07, 6.45) is 3.10. The topological polar surface area (TPSA) is 79.5 Å². The number of aliphatic carboxylic acids is 1. The van der Waals surface area contributed by atoms with Gasteiger partial charge in [0.05, 0.1) is 13.1 Å². The summed E-state index contributed by atoms with van der Waals surface area (Å²) < 4.78 is 5.01. The van der Waals surface area contributed by atoms with Crippen LogP contribution in [0.15, 0.2) is 4.52 Å². The minimum atomic E-state index is -0.815. The molecular weight excluding hydrogens is 222 g/mol. The van der Waals surface area contributed by atoms with E-state index in [1.165, 1.54) is 12.8 Å². The summed E-state index contributed by atoms with van der Waals surface area (Å²) in [6, 6.07) is 0. The zero-order chi connectivity index (χ0) is 12.3. The van der Waals surface area contributed by atoms with Crippen molar-refractivity contribution in [3.8, 4) is 0 Å². The highest BCUT2D eigenvalue weighted by atomic mass is 16.5. The average molecular weight is 239 g/mol. The van der Waals surface area contributed by atoms with E-state index >= 15 is 0 Å². The van der Waals surface area contributed by atoms with Gasteiger partial charge in [0.15, 0.2) is 5.82 Å². The van der Waals surface area contributed by atoms with Gasteiger partial charge in [-0.05, 0) is 18.8 Å². The number of carboxylic acids is 1. The lowest BCUT2D eigenvalue weighted by molar-refractivity contribution is -0.138. The molecule has 6 heteroatoms. The SMILES string of the molecule is CCc1nc(CN(CC(=O)O)CC2CC2)no1. The molecule has 0 radical (unpaired) electrons. The second-order valence-electron chi connectivity index (χ2n) is 4.46. The van der Waals surface area contributed by atoms with Gasteiger partial charge in [-0.25, -0.2) is 0 Å². The molecule has 0 spiro atoms. The van der Waals surface area contributed by atoms with Crippen molar-refractivity contribution >= 4 is 5.97 Å². The van der Waals surface area contributed by atoms with E-state index in [0.717, 1.165) is 6.54 Å². The number of carbonyl (C=O) groups is 1. The third-order valence-electron chi connectivity index (χ3n) is 2.75. The zero-order valence-electron chi connectivity index (χ0n) is 9.93. The van der Waals surface area contributed by atoms with Crippen molar-refractivity contribution in [1.82, 2.24) is 15.0 Å². The van der Waals surface area contributed by atoms with Crippen LogP contribution < -0.4 is 0 Å². The van der Waals surface area contributed by atoms with Crippen molar-refractivity contribution in [1.29, 1.82) is 0 Å². The van der Waals surface area contributed by atoms with E-state index in [1.54, 1.807) is 0 Å². The lowest BCUT2D eigenvalue weighted by atomic mass is 10.3. The number of hydrogen-bond donors (Lipinski definition) is 1. The van der Waals surface area contributed by atoms with Crippen LogP contribution in [0, 0.1) is 5.92 Å². The van der Waals surface area contributed by atoms with Crippen LogP contribution in [0.3, 0.4) is 0 Å². The van der Waals surface area contributed by atoms with Crippen LogP contribution in [0.1, 0.15) is 31.5 Å². The molecule has 1 aromatic rings. The molecule has 17 heavy (non-hydrogen) atoms. The molecule has 0 unspecified atom stereocenters. The van der Waals surface area contributed by atoms with Crippen molar-refractivity contribution < 1.29 is 14.4 Å². The largest absolute Gasteiger partial charge is 0.480 e. The van der Waals surface area contributed by atoms with Gasteiger partial charge in [-0.1, -0.05) is 12.1 Å². The van der Waals surface area contributed by atoms with E-state index in [2.05, 4.69) is 10.1 Å². The molecule has 0 aromatic carbocycles. The summed E-state index contributed by atoms with van der Waals surface area (Å²) in [5, 5.41) is 12.7. The van der Waals surface area contributed by atoms with Crippen molar-refractivity contribution in [3.05, 3.63) is 11.7 Å². The third kappa shape index (κ3) is 3.81. The molecule has 1 N–H and O–H groups in total. The first-order valence-electron chi connectivity index (χ1n) is 5.93. The van der Waals surface area contributed by atoms with Gasteiger partial charge >= 0.3 is 5.97 Å². The summed E-state index contributed by atoms with van der Waals surface area (Å²) in [4.78, 5) is 16.8. The predicted octanol–water partition coefficient (Wildman–Crippen LogP) is 0.929. The van der Waals surface area contributed by atoms with E-state index in [9.17, 15) is 4.79 Å². The van der Waals surface area contributed by atoms with Crippen LogP contribution in [0.2, 0.25) is 0 Å². The van der Waals surface area contributed by atoms with Crippen LogP contribution >= 0.6 is 0 Å². The Morgan fingerprint density at radius 3 is 2.88 bits per heavy atom. The van der Waals surface area contributed by atoms with Gasteiger partial charge in [0.1, 0.15) is 0 Å². The Bertz CT molecular complexity index is 387. The fraction of sp³-hybridized carbons (Fsp3) is 0.727. The lowest BCUT2D eigenvalue weighted by Gasteiger charge is -2.17. The van der Waals surface area contributed by atoms with Crippen LogP contribution in [0.25, 0.3) is 0 Å². The number of nitrogens with zero attached hydrogens (tertiary/aromatic N) is 3. The Labute approximate surface area is 99.6 Å². The van der Waals surface area contributed by atoms with Crippen molar-refractivity contribution in [2.75, 3.05) is 13.1 Å². The maximum absolute atomic E-state index is 10.8. The molecule has 94 valence electrons. The van der Waals surface area contributed by atoms with E-state index in [-0.39, 0.29) is 6.54 Å². The normalized spacial score (nSPS) is 15.4. The summed E-state index contributed by atoms with van der Waals surface area (Å²) in [5.41, 5.74) is 0. The smallest absolute Gasteiger partial charge is 0.317 e. The molecule has 1 fully saturated rings. The second kappa shape index (κ2) is 5.27. The molecule has 1 aromatic heterocycles. The summed E-state index contributed by atoms with van der Waals surface area (Å²) >= 11 is 0. The first kappa shape index (κ1) is 12.0. The quantitative estimate of drug-likeness (QED) is 0.762. The highest BCUT2D eigenvalue weighted by molar-refractivity contribution is 5.69. The van der Waals surface area contributed by atoms with Crippen LogP contribution in [0.4, 0.5) is 0 Å². The molecule has 2 rings (SSSR count). The molecule has 1 heterocycles. The molecule has 0 saturated heterocycles. The van der Waals surface area contributed by atoms with Crippen molar-refractivity contribution in [2.45, 2.75) is 32.7 Å². The Hall–Kier alpha value is -1.43. The summed E-state index contributed by atoms with van der Waals surface area (Å²) in [7, 11) is 0. The molecule has 1 saturated carbocycles. The Morgan fingerprint density at radius 1 is 1.59 bits per heavy atom. The number of aromatic nitrogens is 2. The van der Waals surface area contributed by atoms with Crippen LogP contribution in [-0.4, -0.2) is 39.2 Å². The fourth-order valence-corrected chi connectivity index (χ4v) is 1.74. The first-order chi connectivity index (χ1) is 8.17. The number of carboxylic acid groups (broad SMARTS) is 1. The number of aryl methyl sites for hydroxylation is 1. The van der Waals surface area contributed by atoms with Gasteiger partial charge in [-0.15, -0.1) is 0 Å². The van der Waals surface area contributed by atoms with E-state index in [0.29, 0.717) is 30.6 Å². The van der Waals surface area contributed by atoms with Gasteiger partial charge in [-0.3, -0.25) is 9.69 Å². The van der Waals surface area contributed by atoms with E-state index in [1.807, 2.05) is 11.8 Å². The Morgan fingerprint density at radius 2 is 2.35 bits per heavy atom. The average Bonchev–Trinajstić information content (AvgIpc) is 2.95. The standard InChI is InChI=1S/C11H17N3O3/c1-2-10-12-9(13-17-10)6-14(7-11(15)16)5-8-3-4-8/h8H,2-7H2,1H3,(H,15,16). The molecule has 0 bridgehead atoms. The van der Waals surface area contributed by atoms with Crippen molar-refractivity contribution in [2.24, 2.45) is 5.92 Å². The maximum Gasteiger partial charge on any atom is 0.317 e. The molecule has 1 aliphatic carbocycles. The Kier molecular flexibility index (Phi) is 3.73. The number of rotatable bonds is 7. The zero-order valence-corrected chi connectivity index (χ0v) is 9.93. The van der Waals surface area contributed by atoms with E-state index < -0.39 is 5.97 Å². The van der Waals surface area contributed by atoms with Gasteiger partial charge in [0.25, 0.3) is 0 Å². The van der Waals surface area contributed by atoms with Crippen molar-refractivity contribution in [3.63, 3.8) is 0 Å². The summed E-state index contributed by atoms with van der Waals surface area (Å²) in [6.45, 7) is 3.23. The molecule has 6 nitrogen and oxygen atoms in total. The van der Waals surface area contributed by atoms with E-state index in [4.69, 9.17) is 9.63 Å². The minimum absolute atomic E-state index is 0.0342. The molecule has 1 aliphatic rings. The highest BCUT2D eigenvalue weighted by Crippen LogP contribution is 2.29. The Balaban J connectivity index is 1.92. The molecule has 0 aliphatic heterocycles. The second-order valence-corrected chi connectivity index (χ2v) is 4.46. The predicted molar refractivity (Wildman–Crippen MR) is 59.3 cm³/mol. The number of hydrogen-bond acceptors (Lipinski definition) is 5. The van der Waals surface area contributed by atoms with Gasteiger partial charge in [-0.2, -0.15) is 4.98 Å². The van der Waals surface area contributed by atoms with Gasteiger partial charge in [0, 0.05) is 13.0 Å². The maximum atomic E-state index is 10.8. The fourth-order valence-electron chi connectivity index (χ4n) is 1.74. The highest BCUT2D eigenvalue weighted by Gasteiger charge is 2.26. The molecule has 0 amide bonds. The monoisotopic (exact) mass is 239 g/mol. The first-order valence-corrected chi connectivity index (χ1v) is 5.93. The lowest BCUT2D eigenvalue weighted by Crippen LogP contribution is -2.31. The van der Waals surface area contributed by atoms with Gasteiger partial charge in [0.2, 0.25) is 5.89 Å². The van der Waals surface area contributed by atoms with Crippen LogP contribution in [0.5, 0.6) is 0 Å². The molecule has 0 atom stereocenters. The molecular formula is C11H17N3O3. The van der Waals surface area contributed by atoms with Gasteiger partial charge < -0.3 is 9.63 Å². The minimum Gasteiger partial charge on any atom is -0.480 e.